The van der Waals surface area contributed by atoms with Gasteiger partial charge in [-0.15, -0.1) is 0 Å². The van der Waals surface area contributed by atoms with Crippen molar-refractivity contribution in [1.82, 2.24) is 4.31 Å². The molecular formula is C24H32N2O5S. The highest BCUT2D eigenvalue weighted by molar-refractivity contribution is 7.89. The van der Waals surface area contributed by atoms with Gasteiger partial charge in [0, 0.05) is 25.1 Å². The number of rotatable bonds is 12. The maximum atomic E-state index is 13.3. The molecule has 7 nitrogen and oxygen atoms in total. The highest BCUT2D eigenvalue weighted by Crippen LogP contribution is 2.23. The fourth-order valence-electron chi connectivity index (χ4n) is 3.57. The Kier molecular flexibility index (Phi) is 9.12. The molecule has 174 valence electrons. The van der Waals surface area contributed by atoms with Gasteiger partial charge in [-0.2, -0.15) is 4.31 Å². The molecule has 0 unspecified atom stereocenters. The first-order valence-corrected chi connectivity index (χ1v) is 12.1. The number of hydrogen-bond acceptors (Lipinski definition) is 5. The molecular weight excluding hydrogens is 428 g/mol. The van der Waals surface area contributed by atoms with E-state index in [1.54, 1.807) is 0 Å². The summed E-state index contributed by atoms with van der Waals surface area (Å²) in [6, 6.07) is 15.1. The minimum Gasteiger partial charge on any atom is -0.391 e. The van der Waals surface area contributed by atoms with Gasteiger partial charge in [0.15, 0.2) is 5.78 Å². The Hall–Kier alpha value is -2.55. The first kappa shape index (κ1) is 25.7. The molecule has 1 amide bonds. The fourth-order valence-corrected chi connectivity index (χ4v) is 5.19. The largest absolute Gasteiger partial charge is 0.391 e. The lowest BCUT2D eigenvalue weighted by atomic mass is 9.90. The molecule has 0 radical (unpaired) electrons. The van der Waals surface area contributed by atoms with Gasteiger partial charge in [-0.05, 0) is 42.9 Å². The summed E-state index contributed by atoms with van der Waals surface area (Å²) < 4.78 is 27.9. The number of nitrogens with two attached hydrogens (primary N) is 1. The normalized spacial score (nSPS) is 13.8. The number of benzene rings is 2. The molecule has 0 saturated heterocycles. The zero-order valence-electron chi connectivity index (χ0n) is 18.8. The smallest absolute Gasteiger partial charge is 0.243 e. The van der Waals surface area contributed by atoms with Crippen molar-refractivity contribution < 1.29 is 23.1 Å². The second kappa shape index (κ2) is 11.4. The molecule has 0 spiro atoms. The Morgan fingerprint density at radius 2 is 1.59 bits per heavy atom. The Bertz CT molecular complexity index is 1000. The third-order valence-electron chi connectivity index (χ3n) is 5.21. The molecule has 32 heavy (non-hydrogen) atoms. The molecule has 0 aliphatic heterocycles. The van der Waals surface area contributed by atoms with Crippen LogP contribution in [0.25, 0.3) is 0 Å². The maximum Gasteiger partial charge on any atom is 0.243 e. The van der Waals surface area contributed by atoms with Gasteiger partial charge < -0.3 is 10.8 Å². The monoisotopic (exact) mass is 460 g/mol. The van der Waals surface area contributed by atoms with E-state index in [2.05, 4.69) is 0 Å². The summed E-state index contributed by atoms with van der Waals surface area (Å²) in [5, 5.41) is 11.0. The van der Waals surface area contributed by atoms with Crippen LogP contribution in [0.2, 0.25) is 0 Å². The number of Topliss-reactive ketones (excluding diaryl/α,β-unsaturated/α-hetero) is 1. The number of carbonyl (C=O) groups excluding carboxylic acids is 2. The standard InChI is InChI=1S/C24H32N2O5S/c1-17(2)15-26(32(30,31)22-11-9-20(10-12-22)18(3)27)16-23(28)21(14-24(25)29)13-19-7-5-4-6-8-19/h4-12,17,21,23,28H,13-16H2,1-3H3,(H2,25,29)/t21-,23-/m0/s1. The minimum atomic E-state index is -3.92. The summed E-state index contributed by atoms with van der Waals surface area (Å²) in [6.07, 6.45) is -0.750. The summed E-state index contributed by atoms with van der Waals surface area (Å²) in [5.74, 6) is -1.22. The van der Waals surface area contributed by atoms with Crippen LogP contribution < -0.4 is 5.73 Å². The summed E-state index contributed by atoms with van der Waals surface area (Å²) in [4.78, 5) is 23.2. The van der Waals surface area contributed by atoms with Crippen LogP contribution in [0, 0.1) is 11.8 Å². The fraction of sp³-hybridized carbons (Fsp3) is 0.417. The van der Waals surface area contributed by atoms with Gasteiger partial charge >= 0.3 is 0 Å². The highest BCUT2D eigenvalue weighted by atomic mass is 32.2. The molecule has 0 heterocycles. The average molecular weight is 461 g/mol. The number of ketones is 1. The van der Waals surface area contributed by atoms with E-state index in [0.29, 0.717) is 12.0 Å². The molecule has 2 aromatic rings. The molecule has 2 atom stereocenters. The number of aliphatic hydroxyl groups is 1. The lowest BCUT2D eigenvalue weighted by Crippen LogP contribution is -2.43. The van der Waals surface area contributed by atoms with Gasteiger partial charge in [-0.1, -0.05) is 56.3 Å². The van der Waals surface area contributed by atoms with Crippen LogP contribution in [0.15, 0.2) is 59.5 Å². The van der Waals surface area contributed by atoms with Crippen LogP contribution in [0.5, 0.6) is 0 Å². The number of carbonyl (C=O) groups is 2. The predicted molar refractivity (Wildman–Crippen MR) is 123 cm³/mol. The van der Waals surface area contributed by atoms with Gasteiger partial charge in [-0.25, -0.2) is 8.42 Å². The van der Waals surface area contributed by atoms with Gasteiger partial charge in [0.1, 0.15) is 0 Å². The van der Waals surface area contributed by atoms with Crippen LogP contribution in [0.4, 0.5) is 0 Å². The van der Waals surface area contributed by atoms with Gasteiger partial charge in [-0.3, -0.25) is 9.59 Å². The van der Waals surface area contributed by atoms with E-state index < -0.39 is 28.0 Å². The average Bonchev–Trinajstić information content (AvgIpc) is 2.73. The predicted octanol–water partition coefficient (Wildman–Crippen LogP) is 2.63. The lowest BCUT2D eigenvalue weighted by Gasteiger charge is -2.30. The van der Waals surface area contributed by atoms with Crippen molar-refractivity contribution in [2.45, 2.75) is 44.6 Å². The summed E-state index contributed by atoms with van der Waals surface area (Å²) in [7, 11) is -3.92. The summed E-state index contributed by atoms with van der Waals surface area (Å²) >= 11 is 0. The van der Waals surface area contributed by atoms with E-state index in [4.69, 9.17) is 5.73 Å². The number of hydrogen-bond donors (Lipinski definition) is 2. The molecule has 2 rings (SSSR count). The van der Waals surface area contributed by atoms with Crippen LogP contribution in [-0.2, 0) is 21.2 Å². The number of amides is 1. The zero-order valence-corrected chi connectivity index (χ0v) is 19.6. The van der Waals surface area contributed by atoms with E-state index in [1.807, 2.05) is 44.2 Å². The molecule has 0 aromatic heterocycles. The third-order valence-corrected chi connectivity index (χ3v) is 7.05. The van der Waals surface area contributed by atoms with Gasteiger partial charge in [0.25, 0.3) is 0 Å². The van der Waals surface area contributed by atoms with Crippen molar-refractivity contribution in [2.24, 2.45) is 17.6 Å². The van der Waals surface area contributed by atoms with Crippen LogP contribution in [0.3, 0.4) is 0 Å². The number of sulfonamides is 1. The van der Waals surface area contributed by atoms with Crippen LogP contribution in [0.1, 0.15) is 43.1 Å². The first-order valence-electron chi connectivity index (χ1n) is 10.6. The number of aliphatic hydroxyl groups excluding tert-OH is 1. The van der Waals surface area contributed by atoms with E-state index >= 15 is 0 Å². The van der Waals surface area contributed by atoms with Crippen molar-refractivity contribution in [3.8, 4) is 0 Å². The maximum absolute atomic E-state index is 13.3. The van der Waals surface area contributed by atoms with Crippen molar-refractivity contribution in [2.75, 3.05) is 13.1 Å². The molecule has 0 aliphatic carbocycles. The topological polar surface area (TPSA) is 118 Å². The molecule has 0 saturated carbocycles. The van der Waals surface area contributed by atoms with E-state index in [9.17, 15) is 23.1 Å². The second-order valence-electron chi connectivity index (χ2n) is 8.48. The Morgan fingerprint density at radius 3 is 2.09 bits per heavy atom. The minimum absolute atomic E-state index is 0.0113. The quantitative estimate of drug-likeness (QED) is 0.472. The highest BCUT2D eigenvalue weighted by Gasteiger charge is 2.31. The number of primary amides is 1. The van der Waals surface area contributed by atoms with Crippen molar-refractivity contribution >= 4 is 21.7 Å². The molecule has 0 bridgehead atoms. The summed E-state index contributed by atoms with van der Waals surface area (Å²) in [6.45, 7) is 5.22. The van der Waals surface area contributed by atoms with Gasteiger partial charge in [0.2, 0.25) is 15.9 Å². The number of nitrogens with zero attached hydrogens (tertiary/aromatic N) is 1. The first-order chi connectivity index (χ1) is 15.0. The summed E-state index contributed by atoms with van der Waals surface area (Å²) in [5.41, 5.74) is 6.75. The molecule has 0 aliphatic rings. The zero-order chi connectivity index (χ0) is 23.9. The van der Waals surface area contributed by atoms with E-state index in [-0.39, 0.29) is 36.1 Å². The SMILES string of the molecule is CC(=O)c1ccc(S(=O)(=O)N(CC(C)C)C[C@H](O)[C@H](CC(N)=O)Cc2ccccc2)cc1. The molecule has 0 fully saturated rings. The van der Waals surface area contributed by atoms with Crippen molar-refractivity contribution in [1.29, 1.82) is 0 Å². The van der Waals surface area contributed by atoms with Crippen LogP contribution >= 0.6 is 0 Å². The Labute approximate surface area is 190 Å². The van der Waals surface area contributed by atoms with Crippen molar-refractivity contribution in [3.63, 3.8) is 0 Å². The molecule has 3 N–H and O–H groups in total. The lowest BCUT2D eigenvalue weighted by molar-refractivity contribution is -0.119. The van der Waals surface area contributed by atoms with E-state index in [1.165, 1.54) is 35.5 Å². The van der Waals surface area contributed by atoms with Crippen LogP contribution in [-0.4, -0.2) is 48.7 Å². The van der Waals surface area contributed by atoms with Crippen molar-refractivity contribution in [3.05, 3.63) is 65.7 Å². The Morgan fingerprint density at radius 1 is 1.00 bits per heavy atom. The second-order valence-corrected chi connectivity index (χ2v) is 10.4. The van der Waals surface area contributed by atoms with Gasteiger partial charge in [0.05, 0.1) is 11.0 Å². The Balaban J connectivity index is 2.29. The van der Waals surface area contributed by atoms with E-state index in [0.717, 1.165) is 5.56 Å². The molecule has 8 heteroatoms. The third kappa shape index (κ3) is 7.25. The molecule has 2 aromatic carbocycles.